The van der Waals surface area contributed by atoms with Crippen molar-refractivity contribution in [3.8, 4) is 11.3 Å². The Morgan fingerprint density at radius 3 is 2.71 bits per heavy atom. The first kappa shape index (κ1) is 21.1. The van der Waals surface area contributed by atoms with Gasteiger partial charge in [0.25, 0.3) is 0 Å². The van der Waals surface area contributed by atoms with Crippen LogP contribution in [0.3, 0.4) is 0 Å². The van der Waals surface area contributed by atoms with Crippen LogP contribution in [0.5, 0.6) is 0 Å². The molecule has 0 radical (unpaired) electrons. The minimum Gasteiger partial charge on any atom is -0.444 e. The molecule has 3 heterocycles. The van der Waals surface area contributed by atoms with Gasteiger partial charge in [0.1, 0.15) is 11.4 Å². The summed E-state index contributed by atoms with van der Waals surface area (Å²) in [6, 6.07) is 12.0. The van der Waals surface area contributed by atoms with E-state index in [9.17, 15) is 4.79 Å². The summed E-state index contributed by atoms with van der Waals surface area (Å²) in [7, 11) is 0. The Balaban J connectivity index is 1.48. The van der Waals surface area contributed by atoms with E-state index in [0.717, 1.165) is 47.7 Å². The quantitative estimate of drug-likeness (QED) is 0.651. The zero-order chi connectivity index (χ0) is 22.0. The van der Waals surface area contributed by atoms with E-state index in [1.807, 2.05) is 72.8 Å². The number of carbonyl (C=O) groups is 1. The predicted octanol–water partition coefficient (Wildman–Crippen LogP) is 3.67. The fourth-order valence-electron chi connectivity index (χ4n) is 3.81. The van der Waals surface area contributed by atoms with Crippen molar-refractivity contribution in [3.63, 3.8) is 0 Å². The number of carbonyl (C=O) groups excluding carboxylic acids is 1. The molecule has 1 aliphatic rings. The minimum absolute atomic E-state index is 0.0819. The molecule has 0 aliphatic carbocycles. The van der Waals surface area contributed by atoms with E-state index in [1.54, 1.807) is 0 Å². The molecule has 1 amide bonds. The van der Waals surface area contributed by atoms with Gasteiger partial charge < -0.3 is 20.7 Å². The molecule has 1 saturated heterocycles. The van der Waals surface area contributed by atoms with E-state index in [1.165, 1.54) is 0 Å². The summed E-state index contributed by atoms with van der Waals surface area (Å²) in [5.41, 5.74) is 9.01. The highest BCUT2D eigenvalue weighted by Gasteiger charge is 2.32. The second-order valence-electron chi connectivity index (χ2n) is 8.88. The summed E-state index contributed by atoms with van der Waals surface area (Å²) in [5, 5.41) is 8.12. The van der Waals surface area contributed by atoms with Crippen LogP contribution in [0, 0.1) is 0 Å². The molecule has 1 aliphatic heterocycles. The molecule has 1 atom stereocenters. The zero-order valence-corrected chi connectivity index (χ0v) is 18.3. The molecule has 164 valence electrons. The Kier molecular flexibility index (Phi) is 5.82. The molecule has 4 rings (SSSR count). The van der Waals surface area contributed by atoms with E-state index in [4.69, 9.17) is 15.6 Å². The van der Waals surface area contributed by atoms with Crippen molar-refractivity contribution in [3.05, 3.63) is 48.2 Å². The molecule has 8 nitrogen and oxygen atoms in total. The maximum Gasteiger partial charge on any atom is 0.410 e. The fourth-order valence-corrected chi connectivity index (χ4v) is 3.81. The first-order valence-electron chi connectivity index (χ1n) is 10.7. The fraction of sp³-hybridized carbons (Fsp3) is 0.435. The highest BCUT2D eigenvalue weighted by molar-refractivity contribution is 5.69. The Hall–Kier alpha value is -3.13. The van der Waals surface area contributed by atoms with Crippen molar-refractivity contribution in [1.29, 1.82) is 0 Å². The van der Waals surface area contributed by atoms with Crippen LogP contribution in [-0.2, 0) is 11.3 Å². The molecule has 0 unspecified atom stereocenters. The third-order valence-corrected chi connectivity index (χ3v) is 5.37. The molecule has 1 fully saturated rings. The van der Waals surface area contributed by atoms with Crippen LogP contribution in [0.25, 0.3) is 16.9 Å². The Bertz CT molecular complexity index is 1050. The average Bonchev–Trinajstić information content (AvgIpc) is 3.38. The molecular weight excluding hydrogens is 392 g/mol. The molecule has 0 saturated carbocycles. The van der Waals surface area contributed by atoms with Gasteiger partial charge in [-0.15, -0.1) is 5.10 Å². The number of ether oxygens (including phenoxy) is 1. The normalized spacial score (nSPS) is 16.6. The number of likely N-dealkylation sites (tertiary alicyclic amines) is 1. The average molecular weight is 423 g/mol. The molecule has 31 heavy (non-hydrogen) atoms. The van der Waals surface area contributed by atoms with Gasteiger partial charge in [0.15, 0.2) is 5.65 Å². The van der Waals surface area contributed by atoms with E-state index in [-0.39, 0.29) is 12.1 Å². The second kappa shape index (κ2) is 8.55. The molecule has 3 aromatic rings. The number of fused-ring (bicyclic) bond motifs is 1. The molecule has 1 aromatic carbocycles. The number of hydrogen-bond acceptors (Lipinski definition) is 6. The van der Waals surface area contributed by atoms with Gasteiger partial charge >= 0.3 is 6.09 Å². The van der Waals surface area contributed by atoms with Crippen LogP contribution in [0.4, 0.5) is 10.6 Å². The van der Waals surface area contributed by atoms with Gasteiger partial charge in [-0.05, 0) is 51.3 Å². The molecule has 8 heteroatoms. The summed E-state index contributed by atoms with van der Waals surface area (Å²) in [5.74, 6) is 0.737. The molecule has 0 bridgehead atoms. The second-order valence-corrected chi connectivity index (χ2v) is 8.88. The van der Waals surface area contributed by atoms with Crippen LogP contribution in [-0.4, -0.2) is 50.3 Å². The van der Waals surface area contributed by atoms with Gasteiger partial charge in [-0.25, -0.2) is 14.3 Å². The standard InChI is InChI=1S/C23H30N6O2/c1-23(2,3)31-22(30)28-12-4-5-18(28)14-25-20-10-11-21-26-15-19(29(21)27-20)17-8-6-16(13-24)7-9-17/h6-11,15,18H,4-5,12-14,24H2,1-3H3,(H,25,27)/t18-/m0/s1. The lowest BCUT2D eigenvalue weighted by atomic mass is 10.1. The lowest BCUT2D eigenvalue weighted by Crippen LogP contribution is -2.42. The maximum absolute atomic E-state index is 12.5. The van der Waals surface area contributed by atoms with E-state index < -0.39 is 5.60 Å². The topological polar surface area (TPSA) is 97.8 Å². The summed E-state index contributed by atoms with van der Waals surface area (Å²) < 4.78 is 7.39. The summed E-state index contributed by atoms with van der Waals surface area (Å²) >= 11 is 0. The molecule has 2 aromatic heterocycles. The highest BCUT2D eigenvalue weighted by atomic mass is 16.6. The van der Waals surface area contributed by atoms with E-state index in [0.29, 0.717) is 13.1 Å². The number of nitrogens with zero attached hydrogens (tertiary/aromatic N) is 4. The number of imidazole rings is 1. The molecule has 0 spiro atoms. The summed E-state index contributed by atoms with van der Waals surface area (Å²) in [6.07, 6.45) is 3.49. The van der Waals surface area contributed by atoms with Crippen molar-refractivity contribution >= 4 is 17.6 Å². The number of nitrogens with one attached hydrogen (secondary N) is 1. The van der Waals surface area contributed by atoms with Gasteiger partial charge in [0.2, 0.25) is 0 Å². The van der Waals surface area contributed by atoms with Crippen LogP contribution >= 0.6 is 0 Å². The first-order valence-corrected chi connectivity index (χ1v) is 10.7. The van der Waals surface area contributed by atoms with Gasteiger partial charge in [-0.3, -0.25) is 0 Å². The highest BCUT2D eigenvalue weighted by Crippen LogP contribution is 2.23. The largest absolute Gasteiger partial charge is 0.444 e. The monoisotopic (exact) mass is 422 g/mol. The Morgan fingerprint density at radius 2 is 2.00 bits per heavy atom. The summed E-state index contributed by atoms with van der Waals surface area (Å²) in [6.45, 7) is 7.52. The Morgan fingerprint density at radius 1 is 1.23 bits per heavy atom. The molecule has 3 N–H and O–H groups in total. The Labute approximate surface area is 182 Å². The SMILES string of the molecule is CC(C)(C)OC(=O)N1CCC[C@H]1CNc1ccc2ncc(-c3ccc(CN)cc3)n2n1. The third kappa shape index (κ3) is 4.80. The number of aromatic nitrogens is 3. The van der Waals surface area contributed by atoms with Crippen molar-refractivity contribution in [2.75, 3.05) is 18.4 Å². The zero-order valence-electron chi connectivity index (χ0n) is 18.3. The molecular formula is C23H30N6O2. The van der Waals surface area contributed by atoms with Gasteiger partial charge in [0, 0.05) is 25.2 Å². The van der Waals surface area contributed by atoms with Crippen molar-refractivity contribution in [1.82, 2.24) is 19.5 Å². The van der Waals surface area contributed by atoms with Crippen molar-refractivity contribution < 1.29 is 9.53 Å². The van der Waals surface area contributed by atoms with Crippen molar-refractivity contribution in [2.24, 2.45) is 5.73 Å². The number of hydrogen-bond donors (Lipinski definition) is 2. The number of rotatable bonds is 5. The predicted molar refractivity (Wildman–Crippen MR) is 121 cm³/mol. The lowest BCUT2D eigenvalue weighted by molar-refractivity contribution is 0.0235. The van der Waals surface area contributed by atoms with Gasteiger partial charge in [-0.2, -0.15) is 0 Å². The number of anilines is 1. The third-order valence-electron chi connectivity index (χ3n) is 5.37. The van der Waals surface area contributed by atoms with E-state index in [2.05, 4.69) is 10.3 Å². The number of benzene rings is 1. The van der Waals surface area contributed by atoms with Crippen LogP contribution in [0.1, 0.15) is 39.2 Å². The van der Waals surface area contributed by atoms with Crippen molar-refractivity contribution in [2.45, 2.75) is 51.8 Å². The van der Waals surface area contributed by atoms with Gasteiger partial charge in [-0.1, -0.05) is 24.3 Å². The maximum atomic E-state index is 12.5. The number of nitrogens with two attached hydrogens (primary N) is 1. The van der Waals surface area contributed by atoms with Gasteiger partial charge in [0.05, 0.1) is 17.9 Å². The minimum atomic E-state index is -0.496. The van der Waals surface area contributed by atoms with Crippen LogP contribution in [0.2, 0.25) is 0 Å². The first-order chi connectivity index (χ1) is 14.8. The summed E-state index contributed by atoms with van der Waals surface area (Å²) in [4.78, 5) is 18.8. The van der Waals surface area contributed by atoms with E-state index >= 15 is 0 Å². The smallest absolute Gasteiger partial charge is 0.410 e. The number of amides is 1. The van der Waals surface area contributed by atoms with Crippen LogP contribution < -0.4 is 11.1 Å². The lowest BCUT2D eigenvalue weighted by Gasteiger charge is -2.28. The van der Waals surface area contributed by atoms with Crippen LogP contribution in [0.15, 0.2) is 42.6 Å².